The van der Waals surface area contributed by atoms with Crippen LogP contribution in [0.15, 0.2) is 28.2 Å². The van der Waals surface area contributed by atoms with Crippen LogP contribution in [-0.2, 0) is 0 Å². The zero-order chi connectivity index (χ0) is 17.9. The summed E-state index contributed by atoms with van der Waals surface area (Å²) < 4.78 is 15.5. The molecule has 0 saturated heterocycles. The second-order valence-corrected chi connectivity index (χ2v) is 5.10. The Morgan fingerprint density at radius 3 is 2.21 bits per heavy atom. The highest BCUT2D eigenvalue weighted by Gasteiger charge is 2.19. The summed E-state index contributed by atoms with van der Waals surface area (Å²) in [5, 5.41) is 19.3. The number of Topliss-reactive ketones (excluding diaryl/α,β-unsaturated/α-hetero) is 1. The first-order valence-electron chi connectivity index (χ1n) is 7.09. The van der Waals surface area contributed by atoms with Crippen LogP contribution in [0.4, 0.5) is 0 Å². The number of ether oxygens (including phenoxy) is 2. The number of rotatable bonds is 5. The molecule has 0 bridgehead atoms. The minimum atomic E-state index is -0.433. The molecule has 0 aliphatic carbocycles. The van der Waals surface area contributed by atoms with Crippen molar-refractivity contribution in [3.63, 3.8) is 0 Å². The first-order valence-corrected chi connectivity index (χ1v) is 7.09. The first-order chi connectivity index (χ1) is 11.4. The second kappa shape index (κ2) is 6.92. The number of hydrogen-bond donors (Lipinski definition) is 1. The van der Waals surface area contributed by atoms with E-state index in [4.69, 9.17) is 13.9 Å². The third-order valence-electron chi connectivity index (χ3n) is 3.46. The van der Waals surface area contributed by atoms with Gasteiger partial charge in [-0.1, -0.05) is 0 Å². The van der Waals surface area contributed by atoms with Gasteiger partial charge in [0.1, 0.15) is 23.2 Å². The molecule has 6 nitrogen and oxygen atoms in total. The molecule has 0 amide bonds. The van der Waals surface area contributed by atoms with Crippen LogP contribution in [0.5, 0.6) is 17.2 Å². The summed E-state index contributed by atoms with van der Waals surface area (Å²) >= 11 is 0. The SMILES string of the molecule is COc1cc(C=C(C#N)C(=O)c2cc(C)oc2C)cc(OC)c1O. The number of benzene rings is 1. The Labute approximate surface area is 139 Å². The number of allylic oxidation sites excluding steroid dienone is 1. The normalized spacial score (nSPS) is 11.0. The van der Waals surface area contributed by atoms with Crippen molar-refractivity contribution in [1.82, 2.24) is 0 Å². The number of carbonyl (C=O) groups is 1. The first kappa shape index (κ1) is 17.2. The fourth-order valence-electron chi connectivity index (χ4n) is 2.31. The van der Waals surface area contributed by atoms with Crippen LogP contribution < -0.4 is 9.47 Å². The van der Waals surface area contributed by atoms with Gasteiger partial charge in [0.15, 0.2) is 11.5 Å². The third-order valence-corrected chi connectivity index (χ3v) is 3.46. The molecule has 24 heavy (non-hydrogen) atoms. The molecule has 0 aliphatic heterocycles. The molecule has 0 spiro atoms. The lowest BCUT2D eigenvalue weighted by atomic mass is 10.0. The van der Waals surface area contributed by atoms with E-state index in [1.54, 1.807) is 19.9 Å². The van der Waals surface area contributed by atoms with Crippen molar-refractivity contribution >= 4 is 11.9 Å². The van der Waals surface area contributed by atoms with Gasteiger partial charge in [-0.2, -0.15) is 5.26 Å². The monoisotopic (exact) mass is 327 g/mol. The van der Waals surface area contributed by atoms with Crippen LogP contribution in [0.3, 0.4) is 0 Å². The summed E-state index contributed by atoms with van der Waals surface area (Å²) in [7, 11) is 2.80. The minimum Gasteiger partial charge on any atom is -0.502 e. The van der Waals surface area contributed by atoms with Crippen molar-refractivity contribution in [1.29, 1.82) is 5.26 Å². The van der Waals surface area contributed by atoms with E-state index in [1.807, 2.05) is 6.07 Å². The highest BCUT2D eigenvalue weighted by atomic mass is 16.5. The molecule has 124 valence electrons. The molecule has 0 radical (unpaired) electrons. The molecule has 2 rings (SSSR count). The fraction of sp³-hybridized carbons (Fsp3) is 0.222. The van der Waals surface area contributed by atoms with Crippen LogP contribution >= 0.6 is 0 Å². The zero-order valence-corrected chi connectivity index (χ0v) is 13.8. The summed E-state index contributed by atoms with van der Waals surface area (Å²) in [5.74, 6) is 0.836. The van der Waals surface area contributed by atoms with Crippen molar-refractivity contribution in [2.75, 3.05) is 14.2 Å². The van der Waals surface area contributed by atoms with Crippen molar-refractivity contribution in [3.05, 3.63) is 46.4 Å². The van der Waals surface area contributed by atoms with Crippen molar-refractivity contribution < 1.29 is 23.8 Å². The molecular weight excluding hydrogens is 310 g/mol. The molecule has 0 aliphatic rings. The second-order valence-electron chi connectivity index (χ2n) is 5.10. The number of nitriles is 1. The fourth-order valence-corrected chi connectivity index (χ4v) is 2.31. The highest BCUT2D eigenvalue weighted by molar-refractivity contribution is 6.14. The Hall–Kier alpha value is -3.20. The van der Waals surface area contributed by atoms with Crippen molar-refractivity contribution in [3.8, 4) is 23.3 Å². The molecule has 1 N–H and O–H groups in total. The summed E-state index contributed by atoms with van der Waals surface area (Å²) in [6.07, 6.45) is 1.41. The van der Waals surface area contributed by atoms with E-state index in [-0.39, 0.29) is 22.8 Å². The summed E-state index contributed by atoms with van der Waals surface area (Å²) in [5.41, 5.74) is 0.774. The van der Waals surface area contributed by atoms with Gasteiger partial charge in [-0.3, -0.25) is 4.79 Å². The number of carbonyl (C=O) groups excluding carboxylic acids is 1. The molecule has 0 saturated carbocycles. The van der Waals surface area contributed by atoms with E-state index in [9.17, 15) is 15.2 Å². The van der Waals surface area contributed by atoms with Gasteiger partial charge in [-0.05, 0) is 43.7 Å². The largest absolute Gasteiger partial charge is 0.502 e. The Balaban J connectivity index is 2.50. The van der Waals surface area contributed by atoms with Gasteiger partial charge in [-0.15, -0.1) is 0 Å². The molecule has 0 unspecified atom stereocenters. The number of aryl methyl sites for hydroxylation is 2. The Bertz CT molecular complexity index is 830. The van der Waals surface area contributed by atoms with Crippen LogP contribution in [0.1, 0.15) is 27.4 Å². The maximum atomic E-state index is 12.5. The Morgan fingerprint density at radius 1 is 1.21 bits per heavy atom. The molecule has 1 aromatic heterocycles. The lowest BCUT2D eigenvalue weighted by molar-refractivity contribution is 0.103. The predicted molar refractivity (Wildman–Crippen MR) is 87.3 cm³/mol. The molecule has 0 fully saturated rings. The molecule has 1 aromatic carbocycles. The molecule has 6 heteroatoms. The number of ketones is 1. The number of nitrogens with zero attached hydrogens (tertiary/aromatic N) is 1. The van der Waals surface area contributed by atoms with Crippen molar-refractivity contribution in [2.45, 2.75) is 13.8 Å². The number of phenols is 1. The van der Waals surface area contributed by atoms with Gasteiger partial charge in [0.25, 0.3) is 0 Å². The summed E-state index contributed by atoms with van der Waals surface area (Å²) in [4.78, 5) is 12.5. The Kier molecular flexibility index (Phi) is 4.95. The number of furan rings is 1. The summed E-state index contributed by atoms with van der Waals surface area (Å²) in [6.45, 7) is 3.40. The average Bonchev–Trinajstić information content (AvgIpc) is 2.91. The van der Waals surface area contributed by atoms with E-state index in [2.05, 4.69) is 0 Å². The average molecular weight is 327 g/mol. The lowest BCUT2D eigenvalue weighted by Gasteiger charge is -2.09. The lowest BCUT2D eigenvalue weighted by Crippen LogP contribution is -2.02. The maximum Gasteiger partial charge on any atom is 0.207 e. The third kappa shape index (κ3) is 3.25. The van der Waals surface area contributed by atoms with E-state index in [0.717, 1.165) is 0 Å². The van der Waals surface area contributed by atoms with E-state index >= 15 is 0 Å². The molecule has 2 aromatic rings. The van der Waals surface area contributed by atoms with Crippen LogP contribution in [0, 0.1) is 25.2 Å². The van der Waals surface area contributed by atoms with Gasteiger partial charge in [-0.25, -0.2) is 0 Å². The van der Waals surface area contributed by atoms with E-state index in [1.165, 1.54) is 32.4 Å². The smallest absolute Gasteiger partial charge is 0.207 e. The van der Waals surface area contributed by atoms with Crippen LogP contribution in [0.25, 0.3) is 6.08 Å². The predicted octanol–water partition coefficient (Wildman–Crippen LogP) is 3.41. The maximum absolute atomic E-state index is 12.5. The van der Waals surface area contributed by atoms with Gasteiger partial charge in [0, 0.05) is 0 Å². The molecular formula is C18H17NO5. The van der Waals surface area contributed by atoms with Gasteiger partial charge in [0.05, 0.1) is 19.8 Å². The minimum absolute atomic E-state index is 0.0614. The van der Waals surface area contributed by atoms with E-state index < -0.39 is 5.78 Å². The zero-order valence-electron chi connectivity index (χ0n) is 13.8. The van der Waals surface area contributed by atoms with Crippen molar-refractivity contribution in [2.24, 2.45) is 0 Å². The van der Waals surface area contributed by atoms with Gasteiger partial charge in [0.2, 0.25) is 11.5 Å². The molecule has 1 heterocycles. The van der Waals surface area contributed by atoms with Gasteiger partial charge < -0.3 is 19.0 Å². The molecule has 0 atom stereocenters. The number of aromatic hydroxyl groups is 1. The van der Waals surface area contributed by atoms with E-state index in [0.29, 0.717) is 22.6 Å². The van der Waals surface area contributed by atoms with Crippen LogP contribution in [0.2, 0.25) is 0 Å². The summed E-state index contributed by atoms with van der Waals surface area (Å²) in [6, 6.07) is 6.52. The Morgan fingerprint density at radius 2 is 1.79 bits per heavy atom. The van der Waals surface area contributed by atoms with Crippen LogP contribution in [-0.4, -0.2) is 25.1 Å². The quantitative estimate of drug-likeness (QED) is 0.514. The topological polar surface area (TPSA) is 92.7 Å². The van der Waals surface area contributed by atoms with Gasteiger partial charge >= 0.3 is 0 Å². The number of phenolic OH excluding ortho intramolecular Hbond substituents is 1. The highest BCUT2D eigenvalue weighted by Crippen LogP contribution is 2.37. The number of hydrogen-bond acceptors (Lipinski definition) is 6. The number of methoxy groups -OCH3 is 2. The standard InChI is InChI=1S/C18H17NO5/c1-10-5-14(11(2)24-10)17(20)13(9-19)6-12-7-15(22-3)18(21)16(8-12)23-4/h5-8,21H,1-4H3.